The Morgan fingerprint density at radius 1 is 1.20 bits per heavy atom. The Morgan fingerprint density at radius 3 is 2.60 bits per heavy atom. The highest BCUT2D eigenvalue weighted by Gasteiger charge is 2.29. The summed E-state index contributed by atoms with van der Waals surface area (Å²) in [7, 11) is 0. The van der Waals surface area contributed by atoms with E-state index in [1.165, 1.54) is 17.1 Å². The predicted octanol–water partition coefficient (Wildman–Crippen LogP) is 3.65. The van der Waals surface area contributed by atoms with Crippen molar-refractivity contribution in [1.82, 2.24) is 24.5 Å². The summed E-state index contributed by atoms with van der Waals surface area (Å²) in [5.41, 5.74) is 7.81. The molecule has 30 heavy (non-hydrogen) atoms. The van der Waals surface area contributed by atoms with Gasteiger partial charge in [-0.25, -0.2) is 19.1 Å². The van der Waals surface area contributed by atoms with Gasteiger partial charge in [0.25, 0.3) is 0 Å². The van der Waals surface area contributed by atoms with Crippen LogP contribution >= 0.6 is 0 Å². The molecule has 0 spiro atoms. The molecule has 4 rings (SSSR count). The van der Waals surface area contributed by atoms with Crippen molar-refractivity contribution in [2.75, 3.05) is 5.32 Å². The number of fused-ring (bicyclic) bond motifs is 1. The third-order valence-corrected chi connectivity index (χ3v) is 4.44. The number of alkyl halides is 3. The van der Waals surface area contributed by atoms with Crippen molar-refractivity contribution in [2.45, 2.75) is 19.6 Å². The van der Waals surface area contributed by atoms with E-state index in [0.717, 1.165) is 4.68 Å². The number of para-hydroxylation sites is 1. The monoisotopic (exact) mass is 415 g/mol. The average molecular weight is 415 g/mol. The molecule has 3 N–H and O–H groups in total. The minimum absolute atomic E-state index is 0.117. The summed E-state index contributed by atoms with van der Waals surface area (Å²) < 4.78 is 40.5. The van der Waals surface area contributed by atoms with Gasteiger partial charge in [0.05, 0.1) is 17.6 Å². The Balaban J connectivity index is 1.81. The molecule has 4 aromatic rings. The number of nitrogens with zero attached hydrogens (tertiary/aromatic N) is 5. The number of benzene rings is 1. The standard InChI is InChI=1S/C19H16F3N7O/c1-11-15(27-29(16(11)26-18(23)30)14-5-3-2-4-6-14)12-7-13-9-25-28(10-19(20,21)22)17(13)24-8-12/h2-9H,10H2,1H3,(H3,23,26,30). The number of amides is 2. The van der Waals surface area contributed by atoms with Crippen LogP contribution in [0.2, 0.25) is 0 Å². The molecule has 3 heterocycles. The molecule has 154 valence electrons. The molecular formula is C19H16F3N7O. The maximum absolute atomic E-state index is 12.7. The third kappa shape index (κ3) is 3.69. The second-order valence-electron chi connectivity index (χ2n) is 6.61. The first kappa shape index (κ1) is 19.4. The first-order valence-corrected chi connectivity index (χ1v) is 8.83. The number of urea groups is 1. The first-order chi connectivity index (χ1) is 14.2. The summed E-state index contributed by atoms with van der Waals surface area (Å²) in [6.45, 7) is 0.529. The van der Waals surface area contributed by atoms with Crippen LogP contribution in [0, 0.1) is 6.92 Å². The Hall–Kier alpha value is -3.89. The molecule has 0 aliphatic rings. The molecule has 11 heteroatoms. The van der Waals surface area contributed by atoms with E-state index < -0.39 is 18.8 Å². The number of anilines is 1. The van der Waals surface area contributed by atoms with Crippen LogP contribution in [0.15, 0.2) is 48.8 Å². The molecule has 0 saturated carbocycles. The number of aromatic nitrogens is 5. The van der Waals surface area contributed by atoms with Gasteiger partial charge in [0, 0.05) is 22.7 Å². The van der Waals surface area contributed by atoms with Crippen LogP contribution in [0.5, 0.6) is 0 Å². The van der Waals surface area contributed by atoms with Crippen molar-refractivity contribution in [1.29, 1.82) is 0 Å². The molecule has 2 amide bonds. The van der Waals surface area contributed by atoms with Crippen molar-refractivity contribution < 1.29 is 18.0 Å². The summed E-state index contributed by atoms with van der Waals surface area (Å²) in [4.78, 5) is 15.7. The number of carbonyl (C=O) groups excluding carboxylic acids is 1. The molecule has 8 nitrogen and oxygen atoms in total. The molecule has 0 aliphatic heterocycles. The zero-order chi connectivity index (χ0) is 21.5. The molecule has 0 radical (unpaired) electrons. The lowest BCUT2D eigenvalue weighted by Gasteiger charge is -2.07. The van der Waals surface area contributed by atoms with Crippen LogP contribution < -0.4 is 11.1 Å². The number of rotatable bonds is 4. The number of nitrogens with two attached hydrogens (primary N) is 1. The number of pyridine rings is 1. The molecule has 0 unspecified atom stereocenters. The fourth-order valence-corrected chi connectivity index (χ4v) is 3.18. The van der Waals surface area contributed by atoms with Crippen LogP contribution in [0.25, 0.3) is 28.0 Å². The minimum atomic E-state index is -4.40. The Morgan fingerprint density at radius 2 is 1.93 bits per heavy atom. The van der Waals surface area contributed by atoms with Gasteiger partial charge in [-0.3, -0.25) is 5.32 Å². The number of nitrogens with one attached hydrogen (secondary N) is 1. The van der Waals surface area contributed by atoms with Gasteiger partial charge in [-0.15, -0.1) is 0 Å². The normalized spacial score (nSPS) is 11.7. The van der Waals surface area contributed by atoms with E-state index in [4.69, 9.17) is 5.73 Å². The van der Waals surface area contributed by atoms with Crippen LogP contribution in [0.3, 0.4) is 0 Å². The number of carbonyl (C=O) groups is 1. The zero-order valence-electron chi connectivity index (χ0n) is 15.7. The van der Waals surface area contributed by atoms with Gasteiger partial charge >= 0.3 is 12.2 Å². The van der Waals surface area contributed by atoms with Crippen LogP contribution in [0.4, 0.5) is 23.8 Å². The molecule has 0 bridgehead atoms. The fraction of sp³-hybridized carbons (Fsp3) is 0.158. The van der Waals surface area contributed by atoms with E-state index in [2.05, 4.69) is 20.5 Å². The van der Waals surface area contributed by atoms with E-state index in [9.17, 15) is 18.0 Å². The largest absolute Gasteiger partial charge is 0.408 e. The smallest absolute Gasteiger partial charge is 0.351 e. The lowest BCUT2D eigenvalue weighted by molar-refractivity contribution is -0.141. The molecule has 0 atom stereocenters. The molecule has 0 aliphatic carbocycles. The molecule has 1 aromatic carbocycles. The lowest BCUT2D eigenvalue weighted by atomic mass is 10.1. The Bertz CT molecular complexity index is 1230. The SMILES string of the molecule is Cc1c(-c2cnc3c(cnn3CC(F)(F)F)c2)nn(-c2ccccc2)c1NC(N)=O. The quantitative estimate of drug-likeness (QED) is 0.531. The van der Waals surface area contributed by atoms with E-state index in [1.54, 1.807) is 13.0 Å². The maximum Gasteiger partial charge on any atom is 0.408 e. The summed E-state index contributed by atoms with van der Waals surface area (Å²) >= 11 is 0. The highest BCUT2D eigenvalue weighted by atomic mass is 19.4. The first-order valence-electron chi connectivity index (χ1n) is 8.83. The van der Waals surface area contributed by atoms with Crippen molar-refractivity contribution in [3.63, 3.8) is 0 Å². The van der Waals surface area contributed by atoms with E-state index >= 15 is 0 Å². The van der Waals surface area contributed by atoms with Crippen molar-refractivity contribution >= 4 is 22.9 Å². The van der Waals surface area contributed by atoms with E-state index in [-0.39, 0.29) is 5.65 Å². The minimum Gasteiger partial charge on any atom is -0.351 e. The number of hydrogen-bond donors (Lipinski definition) is 2. The Kier molecular flexibility index (Phi) is 4.65. The van der Waals surface area contributed by atoms with Gasteiger partial charge < -0.3 is 5.73 Å². The molecule has 0 saturated heterocycles. The highest BCUT2D eigenvalue weighted by Crippen LogP contribution is 2.31. The second-order valence-corrected chi connectivity index (χ2v) is 6.61. The van der Waals surface area contributed by atoms with Crippen LogP contribution in [-0.2, 0) is 6.54 Å². The summed E-state index contributed by atoms with van der Waals surface area (Å²) in [5, 5.41) is 11.4. The maximum atomic E-state index is 12.7. The van der Waals surface area contributed by atoms with Gasteiger partial charge in [0.2, 0.25) is 0 Å². The number of halogens is 3. The van der Waals surface area contributed by atoms with Crippen molar-refractivity contribution in [3.05, 3.63) is 54.4 Å². The van der Waals surface area contributed by atoms with E-state index in [0.29, 0.717) is 33.7 Å². The van der Waals surface area contributed by atoms with E-state index in [1.807, 2.05) is 30.3 Å². The average Bonchev–Trinajstić information content (AvgIpc) is 3.22. The second kappa shape index (κ2) is 7.17. The topological polar surface area (TPSA) is 104 Å². The van der Waals surface area contributed by atoms with Crippen molar-refractivity contribution in [3.8, 4) is 16.9 Å². The lowest BCUT2D eigenvalue weighted by Crippen LogP contribution is -2.21. The molecule has 3 aromatic heterocycles. The Labute approximate surface area is 168 Å². The van der Waals surface area contributed by atoms with Gasteiger partial charge in [-0.05, 0) is 25.1 Å². The van der Waals surface area contributed by atoms with Crippen LogP contribution in [-0.4, -0.2) is 36.8 Å². The molecular weight excluding hydrogens is 399 g/mol. The summed E-state index contributed by atoms with van der Waals surface area (Å²) in [5.74, 6) is 0.386. The van der Waals surface area contributed by atoms with Crippen molar-refractivity contribution in [2.24, 2.45) is 5.73 Å². The van der Waals surface area contributed by atoms with Gasteiger partial charge in [0.15, 0.2) is 5.65 Å². The summed E-state index contributed by atoms with van der Waals surface area (Å²) in [6.07, 6.45) is -1.65. The number of primary amides is 1. The van der Waals surface area contributed by atoms with Crippen LogP contribution in [0.1, 0.15) is 5.56 Å². The van der Waals surface area contributed by atoms with Gasteiger partial charge in [-0.1, -0.05) is 18.2 Å². The summed E-state index contributed by atoms with van der Waals surface area (Å²) in [6, 6.07) is 10.0. The highest BCUT2D eigenvalue weighted by molar-refractivity contribution is 5.90. The number of hydrogen-bond acceptors (Lipinski definition) is 4. The predicted molar refractivity (Wildman–Crippen MR) is 104 cm³/mol. The zero-order valence-corrected chi connectivity index (χ0v) is 15.7. The fourth-order valence-electron chi connectivity index (χ4n) is 3.18. The molecule has 0 fully saturated rings. The van der Waals surface area contributed by atoms with Gasteiger partial charge in [-0.2, -0.15) is 23.4 Å². The third-order valence-electron chi connectivity index (χ3n) is 4.44. The van der Waals surface area contributed by atoms with Gasteiger partial charge in [0.1, 0.15) is 12.4 Å².